The zero-order valence-electron chi connectivity index (χ0n) is 16.0. The van der Waals surface area contributed by atoms with Crippen LogP contribution in [0.5, 0.6) is 11.5 Å². The maximum atomic E-state index is 13.0. The molecule has 0 spiro atoms. The molecule has 8 nitrogen and oxygen atoms in total. The van der Waals surface area contributed by atoms with E-state index >= 15 is 0 Å². The van der Waals surface area contributed by atoms with Gasteiger partial charge in [0.05, 0.1) is 17.1 Å². The minimum Gasteiger partial charge on any atom is -0.465 e. The van der Waals surface area contributed by atoms with Crippen molar-refractivity contribution in [2.45, 2.75) is 30.3 Å². The minimum atomic E-state index is -1.22. The molecule has 29 heavy (non-hydrogen) atoms. The van der Waals surface area contributed by atoms with Gasteiger partial charge in [0.25, 0.3) is 0 Å². The zero-order chi connectivity index (χ0) is 20.8. The van der Waals surface area contributed by atoms with Gasteiger partial charge in [-0.05, 0) is 31.0 Å². The van der Waals surface area contributed by atoms with Crippen LogP contribution in [0.25, 0.3) is 0 Å². The molecule has 1 fully saturated rings. The summed E-state index contributed by atoms with van der Waals surface area (Å²) in [6.45, 7) is 1.26. The Morgan fingerprint density at radius 3 is 2.69 bits per heavy atom. The van der Waals surface area contributed by atoms with Crippen LogP contribution in [0.4, 0.5) is 0 Å². The Morgan fingerprint density at radius 1 is 1.28 bits per heavy atom. The summed E-state index contributed by atoms with van der Waals surface area (Å²) in [5.74, 6) is -0.118. The van der Waals surface area contributed by atoms with Crippen molar-refractivity contribution in [3.63, 3.8) is 0 Å². The summed E-state index contributed by atoms with van der Waals surface area (Å²) < 4.78 is 16.1. The molecule has 0 amide bonds. The molecule has 10 heteroatoms. The molecule has 0 N–H and O–H groups in total. The SMILES string of the molecule is CCOC(=O)C(C(=O)CCC1SCCS1)C(C[N+](=O)[O-])c1ccc2c(c1)OCO2. The molecule has 0 bridgehead atoms. The maximum absolute atomic E-state index is 13.0. The number of thioether (sulfide) groups is 2. The number of ketones is 1. The van der Waals surface area contributed by atoms with Gasteiger partial charge in [0, 0.05) is 22.8 Å². The van der Waals surface area contributed by atoms with E-state index in [-0.39, 0.29) is 25.6 Å². The first-order chi connectivity index (χ1) is 14.0. The summed E-state index contributed by atoms with van der Waals surface area (Å²) in [4.78, 5) is 36.6. The molecular weight excluding hydrogens is 418 g/mol. The summed E-state index contributed by atoms with van der Waals surface area (Å²) in [5.41, 5.74) is 0.488. The fraction of sp³-hybridized carbons (Fsp3) is 0.579. The monoisotopic (exact) mass is 441 g/mol. The summed E-state index contributed by atoms with van der Waals surface area (Å²) in [6, 6.07) is 4.89. The van der Waals surface area contributed by atoms with Crippen molar-refractivity contribution in [3.05, 3.63) is 33.9 Å². The molecule has 2 atom stereocenters. The summed E-state index contributed by atoms with van der Waals surface area (Å²) >= 11 is 3.60. The van der Waals surface area contributed by atoms with Gasteiger partial charge in [0.2, 0.25) is 13.3 Å². The van der Waals surface area contributed by atoms with Crippen LogP contribution in [0.1, 0.15) is 31.2 Å². The first kappa shape index (κ1) is 21.8. The molecule has 0 saturated carbocycles. The standard InChI is InChI=1S/C19H23NO7S2/c1-2-25-19(22)18(14(21)4-6-17-28-7-8-29-17)13(10-20(23)24)12-3-5-15-16(9-12)27-11-26-15/h3,5,9,13,17-18H,2,4,6-8,10-11H2,1H3. The molecule has 0 aromatic heterocycles. The second kappa shape index (κ2) is 10.2. The molecule has 0 aliphatic carbocycles. The number of hydrogen-bond donors (Lipinski definition) is 0. The van der Waals surface area contributed by atoms with E-state index < -0.39 is 29.3 Å². The molecule has 2 unspecified atom stereocenters. The highest BCUT2D eigenvalue weighted by molar-refractivity contribution is 8.20. The fourth-order valence-electron chi connectivity index (χ4n) is 3.45. The van der Waals surface area contributed by atoms with Crippen molar-refractivity contribution in [2.24, 2.45) is 5.92 Å². The highest BCUT2D eigenvalue weighted by Crippen LogP contribution is 2.39. The second-order valence-electron chi connectivity index (χ2n) is 6.64. The van der Waals surface area contributed by atoms with Gasteiger partial charge in [0.1, 0.15) is 11.7 Å². The van der Waals surface area contributed by atoms with E-state index in [1.807, 2.05) is 0 Å². The van der Waals surface area contributed by atoms with Crippen LogP contribution in [0.2, 0.25) is 0 Å². The highest BCUT2D eigenvalue weighted by Gasteiger charge is 2.40. The lowest BCUT2D eigenvalue weighted by Gasteiger charge is -2.23. The second-order valence-corrected chi connectivity index (χ2v) is 9.56. The lowest BCUT2D eigenvalue weighted by atomic mass is 9.81. The smallest absolute Gasteiger partial charge is 0.317 e. The van der Waals surface area contributed by atoms with Crippen molar-refractivity contribution in [1.29, 1.82) is 0 Å². The van der Waals surface area contributed by atoms with E-state index in [2.05, 4.69) is 0 Å². The Hall–Kier alpha value is -1.94. The van der Waals surface area contributed by atoms with Crippen molar-refractivity contribution in [2.75, 3.05) is 31.5 Å². The predicted octanol–water partition coefficient (Wildman–Crippen LogP) is 3.11. The van der Waals surface area contributed by atoms with Crippen LogP contribution >= 0.6 is 23.5 Å². The van der Waals surface area contributed by atoms with Gasteiger partial charge in [-0.25, -0.2) is 0 Å². The Morgan fingerprint density at radius 2 is 2.00 bits per heavy atom. The largest absolute Gasteiger partial charge is 0.465 e. The molecule has 2 aliphatic rings. The molecule has 1 aromatic rings. The number of esters is 1. The number of fused-ring (bicyclic) bond motifs is 1. The van der Waals surface area contributed by atoms with E-state index in [9.17, 15) is 19.7 Å². The number of hydrogen-bond acceptors (Lipinski definition) is 9. The number of nitrogens with zero attached hydrogens (tertiary/aromatic N) is 1. The van der Waals surface area contributed by atoms with Crippen LogP contribution in [0.15, 0.2) is 18.2 Å². The van der Waals surface area contributed by atoms with Crippen LogP contribution in [0, 0.1) is 16.0 Å². The average molecular weight is 442 g/mol. The van der Waals surface area contributed by atoms with E-state index in [0.717, 1.165) is 11.5 Å². The topological polar surface area (TPSA) is 105 Å². The lowest BCUT2D eigenvalue weighted by Crippen LogP contribution is -2.35. The number of benzene rings is 1. The van der Waals surface area contributed by atoms with E-state index in [4.69, 9.17) is 14.2 Å². The Bertz CT molecular complexity index is 767. The predicted molar refractivity (Wildman–Crippen MR) is 110 cm³/mol. The number of nitro groups is 1. The first-order valence-electron chi connectivity index (χ1n) is 9.43. The molecule has 0 radical (unpaired) electrons. The highest BCUT2D eigenvalue weighted by atomic mass is 32.2. The number of Topliss-reactive ketones (excluding diaryl/α,β-unsaturated/α-hetero) is 1. The third-order valence-corrected chi connectivity index (χ3v) is 7.95. The lowest BCUT2D eigenvalue weighted by molar-refractivity contribution is -0.484. The fourth-order valence-corrected chi connectivity index (χ4v) is 6.28. The molecule has 2 heterocycles. The Labute approximate surface area is 177 Å². The van der Waals surface area contributed by atoms with Crippen molar-refractivity contribution >= 4 is 35.3 Å². The van der Waals surface area contributed by atoms with Gasteiger partial charge in [0.15, 0.2) is 11.5 Å². The number of carbonyl (C=O) groups excluding carboxylic acids is 2. The molecule has 1 aromatic carbocycles. The van der Waals surface area contributed by atoms with Crippen molar-refractivity contribution < 1.29 is 28.7 Å². The van der Waals surface area contributed by atoms with Gasteiger partial charge >= 0.3 is 5.97 Å². The summed E-state index contributed by atoms with van der Waals surface area (Å²) in [7, 11) is 0. The van der Waals surface area contributed by atoms with Crippen LogP contribution in [-0.4, -0.2) is 52.7 Å². The van der Waals surface area contributed by atoms with Gasteiger partial charge in [-0.1, -0.05) is 6.07 Å². The van der Waals surface area contributed by atoms with Crippen LogP contribution in [-0.2, 0) is 14.3 Å². The minimum absolute atomic E-state index is 0.0651. The van der Waals surface area contributed by atoms with E-state index in [1.54, 1.807) is 48.6 Å². The molecular formula is C19H23NO7S2. The van der Waals surface area contributed by atoms with Gasteiger partial charge in [-0.2, -0.15) is 0 Å². The Balaban J connectivity index is 1.86. The molecule has 1 saturated heterocycles. The number of carbonyl (C=O) groups is 2. The number of rotatable bonds is 10. The third kappa shape index (κ3) is 5.57. The molecule has 158 valence electrons. The maximum Gasteiger partial charge on any atom is 0.317 e. The van der Waals surface area contributed by atoms with Crippen molar-refractivity contribution in [3.8, 4) is 11.5 Å². The van der Waals surface area contributed by atoms with Crippen molar-refractivity contribution in [1.82, 2.24) is 0 Å². The number of ether oxygens (including phenoxy) is 3. The van der Waals surface area contributed by atoms with E-state index in [0.29, 0.717) is 28.1 Å². The normalized spacial score (nSPS) is 17.7. The Kier molecular flexibility index (Phi) is 7.65. The van der Waals surface area contributed by atoms with Gasteiger partial charge < -0.3 is 14.2 Å². The van der Waals surface area contributed by atoms with Gasteiger partial charge in [-0.3, -0.25) is 19.7 Å². The van der Waals surface area contributed by atoms with Gasteiger partial charge in [-0.15, -0.1) is 23.5 Å². The summed E-state index contributed by atoms with van der Waals surface area (Å²) in [5, 5.41) is 11.4. The first-order valence-corrected chi connectivity index (χ1v) is 11.5. The molecule has 2 aliphatic heterocycles. The zero-order valence-corrected chi connectivity index (χ0v) is 17.7. The van der Waals surface area contributed by atoms with Crippen LogP contribution < -0.4 is 9.47 Å². The van der Waals surface area contributed by atoms with Crippen LogP contribution in [0.3, 0.4) is 0 Å². The quantitative estimate of drug-likeness (QED) is 0.234. The average Bonchev–Trinajstić information content (AvgIpc) is 3.36. The summed E-state index contributed by atoms with van der Waals surface area (Å²) in [6.07, 6.45) is 0.823. The third-order valence-electron chi connectivity index (χ3n) is 4.78. The van der Waals surface area contributed by atoms with E-state index in [1.165, 1.54) is 0 Å². The molecule has 3 rings (SSSR count).